The summed E-state index contributed by atoms with van der Waals surface area (Å²) in [5.41, 5.74) is 1.94. The Balaban J connectivity index is 1.28. The second-order valence-corrected chi connectivity index (χ2v) is 12.3. The fourth-order valence-electron chi connectivity index (χ4n) is 8.98. The van der Waals surface area contributed by atoms with Gasteiger partial charge in [-0.1, -0.05) is 25.5 Å². The van der Waals surface area contributed by atoms with Crippen LogP contribution in [0.1, 0.15) is 91.4 Å². The topological polar surface area (TPSA) is 66.8 Å². The minimum atomic E-state index is -0.649. The highest BCUT2D eigenvalue weighted by molar-refractivity contribution is 6.32. The molecular weight excluding hydrogens is 414 g/mol. The van der Waals surface area contributed by atoms with E-state index in [1.54, 1.807) is 4.90 Å². The van der Waals surface area contributed by atoms with Gasteiger partial charge in [-0.05, 0) is 106 Å². The van der Waals surface area contributed by atoms with E-state index < -0.39 is 11.9 Å². The van der Waals surface area contributed by atoms with Crippen LogP contribution in [0, 0.1) is 34.5 Å². The van der Waals surface area contributed by atoms with E-state index in [-0.39, 0.29) is 23.0 Å². The van der Waals surface area contributed by atoms with Crippen LogP contribution in [0.4, 0.5) is 0 Å². The van der Waals surface area contributed by atoms with Crippen molar-refractivity contribution in [2.75, 3.05) is 13.1 Å². The molecule has 1 N–H and O–H groups in total. The highest BCUT2D eigenvalue weighted by atomic mass is 16.5. The van der Waals surface area contributed by atoms with Crippen LogP contribution < -0.4 is 0 Å². The second kappa shape index (κ2) is 8.70. The van der Waals surface area contributed by atoms with E-state index in [4.69, 9.17) is 4.74 Å². The lowest BCUT2D eigenvalue weighted by Crippen LogP contribution is -2.51. The molecule has 4 aliphatic carbocycles. The number of hydrogen-bond donors (Lipinski definition) is 1. The highest BCUT2D eigenvalue weighted by Gasteiger charge is 2.59. The van der Waals surface area contributed by atoms with Crippen molar-refractivity contribution in [3.05, 3.63) is 11.6 Å². The first kappa shape index (κ1) is 23.4. The standard InChI is InChI=1S/C28H43NO4/c1-18(33-26(32)25(31)29-15-5-4-6-16-29)22-9-10-23-21-8-7-19-17-20(30)11-13-27(19,2)24(21)12-14-28(22,23)3/h7,18,20-24,30H,4-6,8-17H2,1-3H3/t18-,20-,21-,22+,23-,24-,27-,28+/m0/s1. The Morgan fingerprint density at radius 1 is 1.06 bits per heavy atom. The fraction of sp³-hybridized carbons (Fsp3) is 0.857. The Morgan fingerprint density at radius 2 is 1.82 bits per heavy atom. The minimum Gasteiger partial charge on any atom is -0.455 e. The molecule has 5 aliphatic rings. The lowest BCUT2D eigenvalue weighted by molar-refractivity contribution is -0.168. The van der Waals surface area contributed by atoms with Gasteiger partial charge in [0.05, 0.1) is 6.10 Å². The number of ether oxygens (including phenoxy) is 1. The highest BCUT2D eigenvalue weighted by Crippen LogP contribution is 2.66. The number of hydrogen-bond acceptors (Lipinski definition) is 4. The molecule has 3 saturated carbocycles. The van der Waals surface area contributed by atoms with Gasteiger partial charge >= 0.3 is 11.9 Å². The van der Waals surface area contributed by atoms with Gasteiger partial charge in [-0.15, -0.1) is 0 Å². The summed E-state index contributed by atoms with van der Waals surface area (Å²) in [5.74, 6) is 1.29. The quantitative estimate of drug-likeness (QED) is 0.365. The molecule has 0 unspecified atom stereocenters. The Bertz CT molecular complexity index is 817. The summed E-state index contributed by atoms with van der Waals surface area (Å²) in [6.07, 6.45) is 13.9. The molecule has 33 heavy (non-hydrogen) atoms. The first-order chi connectivity index (χ1) is 15.7. The minimum absolute atomic E-state index is 0.159. The van der Waals surface area contributed by atoms with Crippen molar-refractivity contribution < 1.29 is 19.4 Å². The number of likely N-dealkylation sites (tertiary alicyclic amines) is 1. The molecule has 5 heteroatoms. The molecule has 1 heterocycles. The molecule has 0 aromatic carbocycles. The van der Waals surface area contributed by atoms with E-state index in [1.807, 2.05) is 6.92 Å². The number of piperidine rings is 1. The number of esters is 1. The lowest BCUT2D eigenvalue weighted by Gasteiger charge is -2.58. The third-order valence-electron chi connectivity index (χ3n) is 10.8. The molecule has 4 fully saturated rings. The normalized spacial score (nSPS) is 43.6. The first-order valence-corrected chi connectivity index (χ1v) is 13.6. The summed E-state index contributed by atoms with van der Waals surface area (Å²) in [6, 6.07) is 0. The molecule has 0 bridgehead atoms. The average molecular weight is 458 g/mol. The van der Waals surface area contributed by atoms with Crippen LogP contribution in [-0.4, -0.2) is 47.2 Å². The van der Waals surface area contributed by atoms with Crippen LogP contribution in [0.5, 0.6) is 0 Å². The van der Waals surface area contributed by atoms with Gasteiger partial charge in [-0.2, -0.15) is 0 Å². The van der Waals surface area contributed by atoms with Gasteiger partial charge in [0.2, 0.25) is 0 Å². The Labute approximate surface area is 199 Å². The van der Waals surface area contributed by atoms with Crippen LogP contribution in [0.2, 0.25) is 0 Å². The zero-order valence-corrected chi connectivity index (χ0v) is 20.9. The van der Waals surface area contributed by atoms with Crippen LogP contribution >= 0.6 is 0 Å². The molecule has 0 aromatic heterocycles. The van der Waals surface area contributed by atoms with Crippen molar-refractivity contribution in [3.63, 3.8) is 0 Å². The number of carbonyl (C=O) groups excluding carboxylic acids is 2. The van der Waals surface area contributed by atoms with Crippen LogP contribution in [0.3, 0.4) is 0 Å². The molecule has 0 aromatic rings. The van der Waals surface area contributed by atoms with Gasteiger partial charge < -0.3 is 14.7 Å². The van der Waals surface area contributed by atoms with E-state index in [0.717, 1.165) is 51.4 Å². The number of rotatable bonds is 2. The Kier molecular flexibility index (Phi) is 6.16. The monoisotopic (exact) mass is 457 g/mol. The van der Waals surface area contributed by atoms with Gasteiger partial charge in [0.25, 0.3) is 0 Å². The predicted octanol–water partition coefficient (Wildman–Crippen LogP) is 4.87. The largest absolute Gasteiger partial charge is 0.455 e. The fourth-order valence-corrected chi connectivity index (χ4v) is 8.98. The molecule has 184 valence electrons. The third-order valence-corrected chi connectivity index (χ3v) is 10.8. The van der Waals surface area contributed by atoms with Gasteiger partial charge in [0.15, 0.2) is 0 Å². The first-order valence-electron chi connectivity index (χ1n) is 13.6. The van der Waals surface area contributed by atoms with Crippen molar-refractivity contribution in [1.82, 2.24) is 4.90 Å². The maximum atomic E-state index is 12.7. The van der Waals surface area contributed by atoms with Crippen LogP contribution in [-0.2, 0) is 14.3 Å². The number of aliphatic hydroxyl groups is 1. The number of carbonyl (C=O) groups is 2. The number of fused-ring (bicyclic) bond motifs is 5. The van der Waals surface area contributed by atoms with Crippen LogP contribution in [0.15, 0.2) is 11.6 Å². The van der Waals surface area contributed by atoms with Crippen molar-refractivity contribution in [3.8, 4) is 0 Å². The van der Waals surface area contributed by atoms with Gasteiger partial charge in [0.1, 0.15) is 6.10 Å². The molecule has 1 amide bonds. The summed E-state index contributed by atoms with van der Waals surface area (Å²) >= 11 is 0. The smallest absolute Gasteiger partial charge is 0.397 e. The molecule has 8 atom stereocenters. The Morgan fingerprint density at radius 3 is 2.58 bits per heavy atom. The molecule has 0 radical (unpaired) electrons. The SMILES string of the molecule is C[C@H](OC(=O)C(=O)N1CCCCC1)[C@H]1CC[C@H]2[C@@H]3CC=C4C[C@@H](O)CC[C@]4(C)[C@H]3CC[C@]12C. The molecule has 5 rings (SSSR count). The van der Waals surface area contributed by atoms with Crippen molar-refractivity contribution >= 4 is 11.9 Å². The van der Waals surface area contributed by atoms with Crippen molar-refractivity contribution in [2.45, 2.75) is 104 Å². The van der Waals surface area contributed by atoms with Crippen LogP contribution in [0.25, 0.3) is 0 Å². The lowest BCUT2D eigenvalue weighted by atomic mass is 9.47. The maximum absolute atomic E-state index is 12.7. The number of allylic oxidation sites excluding steroid dienone is 1. The third kappa shape index (κ3) is 3.86. The molecule has 0 spiro atoms. The predicted molar refractivity (Wildman–Crippen MR) is 127 cm³/mol. The van der Waals surface area contributed by atoms with Gasteiger partial charge in [-0.3, -0.25) is 4.79 Å². The summed E-state index contributed by atoms with van der Waals surface area (Å²) in [5, 5.41) is 10.2. The maximum Gasteiger partial charge on any atom is 0.397 e. The van der Waals surface area contributed by atoms with Crippen molar-refractivity contribution in [2.24, 2.45) is 34.5 Å². The molecule has 1 saturated heterocycles. The van der Waals surface area contributed by atoms with E-state index in [0.29, 0.717) is 36.8 Å². The summed E-state index contributed by atoms with van der Waals surface area (Å²) < 4.78 is 5.85. The zero-order chi connectivity index (χ0) is 23.4. The second-order valence-electron chi connectivity index (χ2n) is 12.3. The summed E-state index contributed by atoms with van der Waals surface area (Å²) in [7, 11) is 0. The van der Waals surface area contributed by atoms with E-state index in [9.17, 15) is 14.7 Å². The van der Waals surface area contributed by atoms with Crippen molar-refractivity contribution in [1.29, 1.82) is 0 Å². The van der Waals surface area contributed by atoms with E-state index >= 15 is 0 Å². The summed E-state index contributed by atoms with van der Waals surface area (Å²) in [4.78, 5) is 27.0. The van der Waals surface area contributed by atoms with Gasteiger partial charge in [-0.25, -0.2) is 4.79 Å². The molecule has 5 nitrogen and oxygen atoms in total. The average Bonchev–Trinajstić information content (AvgIpc) is 3.17. The van der Waals surface area contributed by atoms with Gasteiger partial charge in [0, 0.05) is 19.0 Å². The summed E-state index contributed by atoms with van der Waals surface area (Å²) in [6.45, 7) is 8.29. The number of nitrogens with zero attached hydrogens (tertiary/aromatic N) is 1. The zero-order valence-electron chi connectivity index (χ0n) is 20.9. The van der Waals surface area contributed by atoms with E-state index in [1.165, 1.54) is 24.8 Å². The molecule has 1 aliphatic heterocycles. The van der Waals surface area contributed by atoms with E-state index in [2.05, 4.69) is 19.9 Å². The number of aliphatic hydroxyl groups excluding tert-OH is 1. The Hall–Kier alpha value is -1.36. The molecular formula is C28H43NO4. The number of amides is 1.